The molecule has 1 aromatic rings. The van der Waals surface area contributed by atoms with Crippen molar-refractivity contribution >= 4 is 11.8 Å². The third-order valence-corrected chi connectivity index (χ3v) is 5.45. The number of hydrogen-bond donors (Lipinski definition) is 1. The molecule has 2 amide bonds. The average Bonchev–Trinajstić information content (AvgIpc) is 3.46. The molecule has 3 unspecified atom stereocenters. The van der Waals surface area contributed by atoms with E-state index in [9.17, 15) is 9.59 Å². The van der Waals surface area contributed by atoms with Crippen LogP contribution in [0.15, 0.2) is 24.3 Å². The quantitative estimate of drug-likeness (QED) is 0.863. The molecule has 0 spiro atoms. The minimum absolute atomic E-state index is 0.000717. The van der Waals surface area contributed by atoms with Crippen molar-refractivity contribution < 1.29 is 14.3 Å². The molecule has 2 aliphatic rings. The number of amides is 2. The van der Waals surface area contributed by atoms with Crippen LogP contribution in [0.1, 0.15) is 44.6 Å². The predicted molar refractivity (Wildman–Crippen MR) is 96.1 cm³/mol. The first kappa shape index (κ1) is 17.8. The third-order valence-electron chi connectivity index (χ3n) is 5.45. The molecule has 1 aliphatic heterocycles. The number of methoxy groups -OCH3 is 1. The van der Waals surface area contributed by atoms with E-state index in [1.165, 1.54) is 6.42 Å². The number of carbonyl (C=O) groups excluding carboxylic acids is 2. The van der Waals surface area contributed by atoms with Gasteiger partial charge in [-0.25, -0.2) is 0 Å². The summed E-state index contributed by atoms with van der Waals surface area (Å²) >= 11 is 0. The first-order valence-electron chi connectivity index (χ1n) is 9.35. The molecule has 1 aromatic carbocycles. The second-order valence-electron chi connectivity index (χ2n) is 7.10. The number of ether oxygens (including phenoxy) is 1. The molecule has 3 atom stereocenters. The summed E-state index contributed by atoms with van der Waals surface area (Å²) in [5.41, 5.74) is 1.03. The Labute approximate surface area is 149 Å². The molecule has 0 bridgehead atoms. The van der Waals surface area contributed by atoms with Crippen molar-refractivity contribution in [2.75, 3.05) is 13.7 Å². The van der Waals surface area contributed by atoms with Crippen molar-refractivity contribution in [2.24, 2.45) is 11.8 Å². The highest BCUT2D eigenvalue weighted by Crippen LogP contribution is 2.41. The highest BCUT2D eigenvalue weighted by Gasteiger charge is 2.50. The van der Waals surface area contributed by atoms with Crippen LogP contribution in [0.5, 0.6) is 5.75 Å². The van der Waals surface area contributed by atoms with Gasteiger partial charge >= 0.3 is 0 Å². The number of carbonyl (C=O) groups is 2. The number of nitrogens with zero attached hydrogens (tertiary/aromatic N) is 1. The van der Waals surface area contributed by atoms with Gasteiger partial charge in [0.1, 0.15) is 5.75 Å². The van der Waals surface area contributed by atoms with Gasteiger partial charge in [0.25, 0.3) is 0 Å². The van der Waals surface area contributed by atoms with Gasteiger partial charge in [-0.2, -0.15) is 0 Å². The molecule has 1 heterocycles. The lowest BCUT2D eigenvalue weighted by molar-refractivity contribution is -0.138. The Balaban J connectivity index is 1.48. The van der Waals surface area contributed by atoms with Crippen molar-refractivity contribution in [3.8, 4) is 5.75 Å². The van der Waals surface area contributed by atoms with Gasteiger partial charge in [-0.05, 0) is 49.8 Å². The molecular weight excluding hydrogens is 316 g/mol. The second kappa shape index (κ2) is 7.89. The van der Waals surface area contributed by atoms with Crippen molar-refractivity contribution in [1.29, 1.82) is 0 Å². The van der Waals surface area contributed by atoms with E-state index in [1.807, 2.05) is 29.2 Å². The molecule has 136 valence electrons. The SMILES string of the molecule is CCC1CCCCN1C(=O)C1CC1C(=O)NCc1ccc(OC)cc1. The fourth-order valence-electron chi connectivity index (χ4n) is 3.75. The number of likely N-dealkylation sites (tertiary alicyclic amines) is 1. The lowest BCUT2D eigenvalue weighted by atomic mass is 9.99. The summed E-state index contributed by atoms with van der Waals surface area (Å²) in [5, 5.41) is 2.96. The highest BCUT2D eigenvalue weighted by atomic mass is 16.5. The maximum absolute atomic E-state index is 12.7. The highest BCUT2D eigenvalue weighted by molar-refractivity contribution is 5.92. The van der Waals surface area contributed by atoms with Crippen LogP contribution in [0.25, 0.3) is 0 Å². The van der Waals surface area contributed by atoms with Gasteiger partial charge < -0.3 is 15.0 Å². The summed E-state index contributed by atoms with van der Waals surface area (Å²) in [4.78, 5) is 27.1. The first-order chi connectivity index (χ1) is 12.1. The zero-order valence-corrected chi connectivity index (χ0v) is 15.2. The maximum atomic E-state index is 12.7. The minimum Gasteiger partial charge on any atom is -0.497 e. The normalized spacial score (nSPS) is 25.4. The van der Waals surface area contributed by atoms with E-state index in [4.69, 9.17) is 4.74 Å². The maximum Gasteiger partial charge on any atom is 0.226 e. The predicted octanol–water partition coefficient (Wildman–Crippen LogP) is 2.74. The van der Waals surface area contributed by atoms with Crippen LogP contribution in [0.2, 0.25) is 0 Å². The van der Waals surface area contributed by atoms with Crippen LogP contribution in [0.3, 0.4) is 0 Å². The lowest BCUT2D eigenvalue weighted by Crippen LogP contribution is -2.44. The van der Waals surface area contributed by atoms with Crippen molar-refractivity contribution in [3.63, 3.8) is 0 Å². The van der Waals surface area contributed by atoms with E-state index >= 15 is 0 Å². The number of hydrogen-bond acceptors (Lipinski definition) is 3. The minimum atomic E-state index is -0.148. The van der Waals surface area contributed by atoms with Crippen LogP contribution in [0.4, 0.5) is 0 Å². The van der Waals surface area contributed by atoms with Gasteiger partial charge in [0.05, 0.1) is 18.9 Å². The molecule has 3 rings (SSSR count). The summed E-state index contributed by atoms with van der Waals surface area (Å²) in [7, 11) is 1.63. The molecule has 1 N–H and O–H groups in total. The zero-order valence-electron chi connectivity index (χ0n) is 15.2. The Morgan fingerprint density at radius 1 is 1.20 bits per heavy atom. The van der Waals surface area contributed by atoms with Gasteiger partial charge in [-0.1, -0.05) is 19.1 Å². The van der Waals surface area contributed by atoms with E-state index < -0.39 is 0 Å². The lowest BCUT2D eigenvalue weighted by Gasteiger charge is -2.35. The van der Waals surface area contributed by atoms with Crippen LogP contribution in [-0.2, 0) is 16.1 Å². The Morgan fingerprint density at radius 3 is 2.64 bits per heavy atom. The summed E-state index contributed by atoms with van der Waals surface area (Å²) in [6.07, 6.45) is 5.10. The Bertz CT molecular complexity index is 614. The molecule has 2 fully saturated rings. The largest absolute Gasteiger partial charge is 0.497 e. The van der Waals surface area contributed by atoms with Crippen molar-refractivity contribution in [1.82, 2.24) is 10.2 Å². The van der Waals surface area contributed by atoms with Gasteiger partial charge in [-0.3, -0.25) is 9.59 Å². The molecule has 5 nitrogen and oxygen atoms in total. The van der Waals surface area contributed by atoms with E-state index in [2.05, 4.69) is 12.2 Å². The molecular formula is C20H28N2O3. The fraction of sp³-hybridized carbons (Fsp3) is 0.600. The Kier molecular flexibility index (Phi) is 5.61. The number of rotatable bonds is 6. The van der Waals surface area contributed by atoms with Crippen molar-refractivity contribution in [3.05, 3.63) is 29.8 Å². The average molecular weight is 344 g/mol. The van der Waals surface area contributed by atoms with Crippen LogP contribution in [0, 0.1) is 11.8 Å². The fourth-order valence-corrected chi connectivity index (χ4v) is 3.75. The Morgan fingerprint density at radius 2 is 1.96 bits per heavy atom. The molecule has 25 heavy (non-hydrogen) atoms. The van der Waals surface area contributed by atoms with Gasteiger partial charge in [0.15, 0.2) is 0 Å². The van der Waals surface area contributed by atoms with Crippen LogP contribution in [-0.4, -0.2) is 36.4 Å². The Hall–Kier alpha value is -2.04. The topological polar surface area (TPSA) is 58.6 Å². The number of benzene rings is 1. The van der Waals surface area contributed by atoms with Gasteiger partial charge in [0.2, 0.25) is 11.8 Å². The summed E-state index contributed by atoms with van der Waals surface area (Å²) < 4.78 is 5.13. The van der Waals surface area contributed by atoms with E-state index in [0.717, 1.165) is 37.1 Å². The molecule has 0 aromatic heterocycles. The van der Waals surface area contributed by atoms with Gasteiger partial charge in [0, 0.05) is 19.1 Å². The molecule has 0 radical (unpaired) electrons. The van der Waals surface area contributed by atoms with Crippen molar-refractivity contribution in [2.45, 2.75) is 51.6 Å². The van der Waals surface area contributed by atoms with E-state index in [-0.39, 0.29) is 23.7 Å². The molecule has 1 aliphatic carbocycles. The molecule has 5 heteroatoms. The van der Waals surface area contributed by atoms with E-state index in [0.29, 0.717) is 19.0 Å². The van der Waals surface area contributed by atoms with Crippen LogP contribution < -0.4 is 10.1 Å². The summed E-state index contributed by atoms with van der Waals surface area (Å²) in [6.45, 7) is 3.48. The summed E-state index contributed by atoms with van der Waals surface area (Å²) in [6, 6.07) is 8.01. The second-order valence-corrected chi connectivity index (χ2v) is 7.10. The monoisotopic (exact) mass is 344 g/mol. The summed E-state index contributed by atoms with van der Waals surface area (Å²) in [5.74, 6) is 0.735. The standard InChI is InChI=1S/C20H28N2O3/c1-3-15-6-4-5-11-22(15)20(24)18-12-17(18)19(23)21-13-14-7-9-16(25-2)10-8-14/h7-10,15,17-18H,3-6,11-13H2,1-2H3,(H,21,23). The third kappa shape index (κ3) is 4.14. The molecule has 1 saturated heterocycles. The first-order valence-corrected chi connectivity index (χ1v) is 9.35. The smallest absolute Gasteiger partial charge is 0.226 e. The zero-order chi connectivity index (χ0) is 17.8. The number of nitrogens with one attached hydrogen (secondary N) is 1. The number of piperidine rings is 1. The van der Waals surface area contributed by atoms with Crippen LogP contribution >= 0.6 is 0 Å². The van der Waals surface area contributed by atoms with E-state index in [1.54, 1.807) is 7.11 Å². The molecule has 1 saturated carbocycles. The van der Waals surface area contributed by atoms with Gasteiger partial charge in [-0.15, -0.1) is 0 Å².